The van der Waals surface area contributed by atoms with Gasteiger partial charge in [0.05, 0.1) is 36.3 Å². The Balaban J connectivity index is 1.47. The molecule has 0 radical (unpaired) electrons. The summed E-state index contributed by atoms with van der Waals surface area (Å²) in [4.78, 5) is 17.2. The molecule has 3 aromatic heterocycles. The maximum atomic E-state index is 6.19. The highest BCUT2D eigenvalue weighted by molar-refractivity contribution is 5.85. The zero-order valence-electron chi connectivity index (χ0n) is 18.4. The van der Waals surface area contributed by atoms with E-state index in [0.717, 1.165) is 48.3 Å². The lowest BCUT2D eigenvalue weighted by atomic mass is 10.1. The number of piperidine rings is 1. The number of para-hydroxylation sites is 1. The average Bonchev–Trinajstić information content (AvgIpc) is 3.46. The summed E-state index contributed by atoms with van der Waals surface area (Å²) in [6.07, 6.45) is 7.70. The number of nitrogen functional groups attached to an aromatic ring is 1. The second-order valence-electron chi connectivity index (χ2n) is 8.62. The highest BCUT2D eigenvalue weighted by Crippen LogP contribution is 2.30. The molecule has 0 saturated carbocycles. The van der Waals surface area contributed by atoms with Crippen LogP contribution in [0.4, 0.5) is 5.82 Å². The van der Waals surface area contributed by atoms with E-state index in [-0.39, 0.29) is 0 Å². The second-order valence-corrected chi connectivity index (χ2v) is 8.62. The molecule has 9 heteroatoms. The van der Waals surface area contributed by atoms with Crippen LogP contribution >= 0.6 is 0 Å². The van der Waals surface area contributed by atoms with Crippen molar-refractivity contribution in [3.8, 4) is 28.5 Å². The lowest BCUT2D eigenvalue weighted by molar-refractivity contribution is 0.273. The number of benzene rings is 1. The van der Waals surface area contributed by atoms with E-state index < -0.39 is 0 Å². The summed E-state index contributed by atoms with van der Waals surface area (Å²) >= 11 is 0. The molecule has 4 aromatic rings. The fourth-order valence-corrected chi connectivity index (χ4v) is 3.94. The number of anilines is 1. The summed E-state index contributed by atoms with van der Waals surface area (Å²) in [5, 5.41) is 7.96. The molecule has 4 N–H and O–H groups in total. The van der Waals surface area contributed by atoms with Gasteiger partial charge in [0.2, 0.25) is 0 Å². The van der Waals surface area contributed by atoms with Gasteiger partial charge in [-0.1, -0.05) is 19.9 Å². The minimum Gasteiger partial charge on any atom is -0.491 e. The summed E-state index contributed by atoms with van der Waals surface area (Å²) in [5.41, 5.74) is 9.95. The van der Waals surface area contributed by atoms with E-state index in [0.29, 0.717) is 41.6 Å². The standard InChI is InChI=1S/C23H28N8O/c1-14(2)13-32-19-5-3-4-17-20(19)30-23(29-17)21-22(24)26-11-18(28-21)15-10-27-31(12-15)16-6-8-25-9-7-16/h3-5,10-12,14,16,25H,6-9,13H2,1-2H3,(H2,24,26)(H,29,30). The van der Waals surface area contributed by atoms with E-state index in [1.165, 1.54) is 0 Å². The third-order valence-electron chi connectivity index (χ3n) is 5.65. The number of fused-ring (bicyclic) bond motifs is 1. The van der Waals surface area contributed by atoms with E-state index in [1.807, 2.05) is 35.3 Å². The maximum absolute atomic E-state index is 6.19. The molecule has 0 bridgehead atoms. The molecule has 1 aromatic carbocycles. The van der Waals surface area contributed by atoms with Gasteiger partial charge in [0.1, 0.15) is 17.0 Å². The van der Waals surface area contributed by atoms with Crippen molar-refractivity contribution in [1.82, 2.24) is 35.0 Å². The molecule has 5 rings (SSSR count). The number of aromatic amines is 1. The van der Waals surface area contributed by atoms with Crippen molar-refractivity contribution in [1.29, 1.82) is 0 Å². The molecule has 1 fully saturated rings. The minimum atomic E-state index is 0.322. The van der Waals surface area contributed by atoms with Crippen LogP contribution in [0.2, 0.25) is 0 Å². The van der Waals surface area contributed by atoms with Crippen molar-refractivity contribution in [3.05, 3.63) is 36.8 Å². The molecule has 0 unspecified atom stereocenters. The van der Waals surface area contributed by atoms with Crippen molar-refractivity contribution in [2.45, 2.75) is 32.7 Å². The van der Waals surface area contributed by atoms with Crippen LogP contribution < -0.4 is 15.8 Å². The molecular weight excluding hydrogens is 404 g/mol. The molecule has 1 aliphatic heterocycles. The van der Waals surface area contributed by atoms with Crippen molar-refractivity contribution in [2.75, 3.05) is 25.4 Å². The number of hydrogen-bond donors (Lipinski definition) is 3. The summed E-state index contributed by atoms with van der Waals surface area (Å²) in [6, 6.07) is 6.24. The van der Waals surface area contributed by atoms with Gasteiger partial charge in [-0.2, -0.15) is 5.10 Å². The Hall–Kier alpha value is -3.46. The van der Waals surface area contributed by atoms with Gasteiger partial charge in [0.25, 0.3) is 0 Å². The molecule has 0 aliphatic carbocycles. The van der Waals surface area contributed by atoms with Gasteiger partial charge in [0.15, 0.2) is 11.6 Å². The molecule has 4 heterocycles. The van der Waals surface area contributed by atoms with E-state index in [9.17, 15) is 0 Å². The number of aromatic nitrogens is 6. The first-order valence-corrected chi connectivity index (χ1v) is 11.1. The number of H-pyrrole nitrogens is 1. The minimum absolute atomic E-state index is 0.322. The largest absolute Gasteiger partial charge is 0.491 e. The summed E-state index contributed by atoms with van der Waals surface area (Å²) < 4.78 is 7.98. The monoisotopic (exact) mass is 432 g/mol. The lowest BCUT2D eigenvalue weighted by Gasteiger charge is -2.22. The number of ether oxygens (including phenoxy) is 1. The lowest BCUT2D eigenvalue weighted by Crippen LogP contribution is -2.29. The zero-order chi connectivity index (χ0) is 22.1. The fraction of sp³-hybridized carbons (Fsp3) is 0.391. The molecule has 32 heavy (non-hydrogen) atoms. The molecular formula is C23H28N8O. The Kier molecular flexibility index (Phi) is 5.48. The van der Waals surface area contributed by atoms with E-state index in [4.69, 9.17) is 20.4 Å². The summed E-state index contributed by atoms with van der Waals surface area (Å²) in [7, 11) is 0. The molecule has 9 nitrogen and oxygen atoms in total. The number of nitrogens with one attached hydrogen (secondary N) is 2. The molecule has 0 amide bonds. The maximum Gasteiger partial charge on any atom is 0.161 e. The van der Waals surface area contributed by atoms with Crippen LogP contribution in [-0.2, 0) is 0 Å². The van der Waals surface area contributed by atoms with Gasteiger partial charge < -0.3 is 20.8 Å². The van der Waals surface area contributed by atoms with Gasteiger partial charge >= 0.3 is 0 Å². The zero-order valence-corrected chi connectivity index (χ0v) is 18.4. The van der Waals surface area contributed by atoms with Gasteiger partial charge in [-0.05, 0) is 44.0 Å². The van der Waals surface area contributed by atoms with Gasteiger partial charge in [-0.15, -0.1) is 0 Å². The predicted molar refractivity (Wildman–Crippen MR) is 124 cm³/mol. The molecule has 1 aliphatic rings. The van der Waals surface area contributed by atoms with E-state index in [2.05, 4.69) is 34.2 Å². The average molecular weight is 433 g/mol. The topological polar surface area (TPSA) is 120 Å². The fourth-order valence-electron chi connectivity index (χ4n) is 3.94. The Morgan fingerprint density at radius 2 is 2.03 bits per heavy atom. The van der Waals surface area contributed by atoms with Crippen LogP contribution in [0.3, 0.4) is 0 Å². The van der Waals surface area contributed by atoms with Crippen LogP contribution in [-0.4, -0.2) is 49.4 Å². The van der Waals surface area contributed by atoms with Gasteiger partial charge in [-0.3, -0.25) is 4.68 Å². The second kappa shape index (κ2) is 8.58. The SMILES string of the molecule is CC(C)COc1cccc2[nH]c(-c3nc(-c4cnn(C5CCNCC5)c4)cnc3N)nc12. The first-order chi connectivity index (χ1) is 15.6. The first-order valence-electron chi connectivity index (χ1n) is 11.1. The van der Waals surface area contributed by atoms with Crippen molar-refractivity contribution < 1.29 is 4.74 Å². The van der Waals surface area contributed by atoms with Crippen LogP contribution in [0.5, 0.6) is 5.75 Å². The predicted octanol–water partition coefficient (Wildman–Crippen LogP) is 3.42. The van der Waals surface area contributed by atoms with Gasteiger partial charge in [-0.25, -0.2) is 15.0 Å². The Morgan fingerprint density at radius 3 is 2.84 bits per heavy atom. The quantitative estimate of drug-likeness (QED) is 0.427. The Bertz CT molecular complexity index is 1220. The highest BCUT2D eigenvalue weighted by Gasteiger charge is 2.19. The third-order valence-corrected chi connectivity index (χ3v) is 5.65. The van der Waals surface area contributed by atoms with Crippen LogP contribution in [0.15, 0.2) is 36.8 Å². The smallest absolute Gasteiger partial charge is 0.161 e. The summed E-state index contributed by atoms with van der Waals surface area (Å²) in [6.45, 7) is 6.89. The normalized spacial score (nSPS) is 15.0. The molecule has 166 valence electrons. The molecule has 1 saturated heterocycles. The van der Waals surface area contributed by atoms with Crippen LogP contribution in [0.25, 0.3) is 33.8 Å². The number of rotatable bonds is 6. The number of hydrogen-bond acceptors (Lipinski definition) is 7. The third kappa shape index (κ3) is 4.03. The molecule has 0 spiro atoms. The number of nitrogens with zero attached hydrogens (tertiary/aromatic N) is 5. The Morgan fingerprint density at radius 1 is 1.19 bits per heavy atom. The number of imidazole rings is 1. The Labute approximate surface area is 186 Å². The number of nitrogens with two attached hydrogens (primary N) is 1. The highest BCUT2D eigenvalue weighted by atomic mass is 16.5. The van der Waals surface area contributed by atoms with Gasteiger partial charge in [0, 0.05) is 11.8 Å². The van der Waals surface area contributed by atoms with Crippen LogP contribution in [0, 0.1) is 5.92 Å². The van der Waals surface area contributed by atoms with E-state index >= 15 is 0 Å². The van der Waals surface area contributed by atoms with Crippen LogP contribution in [0.1, 0.15) is 32.7 Å². The van der Waals surface area contributed by atoms with Crippen molar-refractivity contribution in [3.63, 3.8) is 0 Å². The van der Waals surface area contributed by atoms with Crippen molar-refractivity contribution >= 4 is 16.9 Å². The van der Waals surface area contributed by atoms with Crippen molar-refractivity contribution in [2.24, 2.45) is 5.92 Å². The first kappa shape index (κ1) is 20.4. The molecule has 0 atom stereocenters. The van der Waals surface area contributed by atoms with E-state index in [1.54, 1.807) is 6.20 Å². The summed E-state index contributed by atoms with van der Waals surface area (Å²) in [5.74, 6) is 2.05.